The fraction of sp³-hybridized carbons (Fsp3) is 0.267. The molecule has 0 aliphatic rings. The van der Waals surface area contributed by atoms with Crippen LogP contribution in [0.1, 0.15) is 23.0 Å². The summed E-state index contributed by atoms with van der Waals surface area (Å²) in [6.07, 6.45) is 1.80. The van der Waals surface area contributed by atoms with Crippen LogP contribution in [0.15, 0.2) is 42.6 Å². The molecular formula is C15H19N3O. The number of carbonyl (C=O) groups is 1. The number of hydrogen-bond acceptors (Lipinski definition) is 2. The quantitative estimate of drug-likeness (QED) is 0.914. The molecule has 1 aromatic heterocycles. The van der Waals surface area contributed by atoms with E-state index in [9.17, 15) is 4.79 Å². The second-order valence-corrected chi connectivity index (χ2v) is 4.59. The van der Waals surface area contributed by atoms with E-state index < -0.39 is 0 Å². The second-order valence-electron chi connectivity index (χ2n) is 4.59. The Morgan fingerprint density at radius 1 is 1.32 bits per heavy atom. The topological polar surface area (TPSA) is 51.3 Å². The van der Waals surface area contributed by atoms with E-state index in [0.29, 0.717) is 17.9 Å². The van der Waals surface area contributed by atoms with Gasteiger partial charge in [0.25, 0.3) is 5.91 Å². The number of nitrogens with two attached hydrogens (primary N) is 1. The second kappa shape index (κ2) is 5.61. The Labute approximate surface area is 113 Å². The van der Waals surface area contributed by atoms with Crippen LogP contribution in [0.2, 0.25) is 0 Å². The van der Waals surface area contributed by atoms with Crippen LogP contribution in [0.3, 0.4) is 0 Å². The number of aryl methyl sites for hydroxylation is 1. The minimum absolute atomic E-state index is 0.0117. The van der Waals surface area contributed by atoms with Crippen LogP contribution >= 0.6 is 0 Å². The van der Waals surface area contributed by atoms with Crippen molar-refractivity contribution in [2.75, 3.05) is 12.8 Å². The molecule has 100 valence electrons. The third kappa shape index (κ3) is 2.96. The van der Waals surface area contributed by atoms with Crippen LogP contribution in [-0.2, 0) is 13.1 Å². The van der Waals surface area contributed by atoms with Crippen molar-refractivity contribution in [2.45, 2.75) is 20.0 Å². The molecule has 0 aliphatic carbocycles. The van der Waals surface area contributed by atoms with Crippen molar-refractivity contribution in [3.05, 3.63) is 53.9 Å². The third-order valence-electron chi connectivity index (χ3n) is 3.09. The highest BCUT2D eigenvalue weighted by Gasteiger charge is 2.16. The van der Waals surface area contributed by atoms with E-state index >= 15 is 0 Å². The largest absolute Gasteiger partial charge is 0.397 e. The molecule has 0 aliphatic heterocycles. The van der Waals surface area contributed by atoms with Gasteiger partial charge in [0.2, 0.25) is 0 Å². The van der Waals surface area contributed by atoms with E-state index in [-0.39, 0.29) is 5.91 Å². The van der Waals surface area contributed by atoms with Crippen LogP contribution in [0.4, 0.5) is 5.69 Å². The summed E-state index contributed by atoms with van der Waals surface area (Å²) in [7, 11) is 1.80. The molecule has 2 N–H and O–H groups in total. The number of aromatic nitrogens is 1. The molecule has 0 fully saturated rings. The molecule has 4 nitrogen and oxygen atoms in total. The van der Waals surface area contributed by atoms with Gasteiger partial charge < -0.3 is 15.2 Å². The number of rotatable bonds is 4. The summed E-state index contributed by atoms with van der Waals surface area (Å²) >= 11 is 0. The first-order valence-electron chi connectivity index (χ1n) is 6.37. The number of anilines is 1. The standard InChI is InChI=1S/C15H19N3O/c1-3-18-11-13(16)9-14(18)15(19)17(2)10-12-7-5-4-6-8-12/h4-9,11H,3,10,16H2,1-2H3. The molecule has 0 saturated carbocycles. The van der Waals surface area contributed by atoms with E-state index in [1.54, 1.807) is 24.2 Å². The zero-order chi connectivity index (χ0) is 13.8. The van der Waals surface area contributed by atoms with E-state index in [1.165, 1.54) is 0 Å². The van der Waals surface area contributed by atoms with Crippen LogP contribution in [0, 0.1) is 0 Å². The molecule has 0 radical (unpaired) electrons. The number of nitrogen functional groups attached to an aromatic ring is 1. The van der Waals surface area contributed by atoms with Crippen molar-refractivity contribution in [3.63, 3.8) is 0 Å². The minimum Gasteiger partial charge on any atom is -0.397 e. The lowest BCUT2D eigenvalue weighted by atomic mass is 10.2. The number of amides is 1. The average molecular weight is 257 g/mol. The Hall–Kier alpha value is -2.23. The Morgan fingerprint density at radius 2 is 2.00 bits per heavy atom. The molecule has 1 aromatic carbocycles. The third-order valence-corrected chi connectivity index (χ3v) is 3.09. The highest BCUT2D eigenvalue weighted by Crippen LogP contribution is 2.14. The molecule has 4 heteroatoms. The summed E-state index contributed by atoms with van der Waals surface area (Å²) in [6.45, 7) is 3.32. The fourth-order valence-electron chi connectivity index (χ4n) is 2.10. The molecule has 1 heterocycles. The molecule has 2 aromatic rings. The summed E-state index contributed by atoms with van der Waals surface area (Å²) in [4.78, 5) is 14.1. The van der Waals surface area contributed by atoms with Gasteiger partial charge in [0.05, 0.1) is 5.69 Å². The van der Waals surface area contributed by atoms with Gasteiger partial charge in [-0.1, -0.05) is 30.3 Å². The van der Waals surface area contributed by atoms with Gasteiger partial charge in [-0.2, -0.15) is 0 Å². The Kier molecular flexibility index (Phi) is 3.90. The van der Waals surface area contributed by atoms with Crippen LogP contribution in [0.25, 0.3) is 0 Å². The molecule has 1 amide bonds. The monoisotopic (exact) mass is 257 g/mol. The van der Waals surface area contributed by atoms with Crippen molar-refractivity contribution < 1.29 is 4.79 Å². The van der Waals surface area contributed by atoms with Crippen molar-refractivity contribution in [3.8, 4) is 0 Å². The normalized spacial score (nSPS) is 10.4. The summed E-state index contributed by atoms with van der Waals surface area (Å²) in [5, 5.41) is 0. The van der Waals surface area contributed by atoms with Gasteiger partial charge in [-0.15, -0.1) is 0 Å². The highest BCUT2D eigenvalue weighted by atomic mass is 16.2. The maximum Gasteiger partial charge on any atom is 0.270 e. The first-order valence-corrected chi connectivity index (χ1v) is 6.37. The number of carbonyl (C=O) groups excluding carboxylic acids is 1. The lowest BCUT2D eigenvalue weighted by Crippen LogP contribution is -2.28. The van der Waals surface area contributed by atoms with Gasteiger partial charge in [-0.25, -0.2) is 0 Å². The van der Waals surface area contributed by atoms with E-state index in [2.05, 4.69) is 0 Å². The first-order chi connectivity index (χ1) is 9.11. The molecule has 2 rings (SSSR count). The van der Waals surface area contributed by atoms with Gasteiger partial charge in [-0.3, -0.25) is 4.79 Å². The van der Waals surface area contributed by atoms with Crippen molar-refractivity contribution >= 4 is 11.6 Å². The number of nitrogens with zero attached hydrogens (tertiary/aromatic N) is 2. The molecule has 19 heavy (non-hydrogen) atoms. The van der Waals surface area contributed by atoms with Crippen molar-refractivity contribution in [1.29, 1.82) is 0 Å². The predicted octanol–water partition coefficient (Wildman–Crippen LogP) is 2.36. The Balaban J connectivity index is 2.15. The maximum absolute atomic E-state index is 12.4. The van der Waals surface area contributed by atoms with Gasteiger partial charge in [0.1, 0.15) is 5.69 Å². The fourth-order valence-corrected chi connectivity index (χ4v) is 2.10. The lowest BCUT2D eigenvalue weighted by Gasteiger charge is -2.18. The molecule has 0 spiro atoms. The van der Waals surface area contributed by atoms with Crippen molar-refractivity contribution in [1.82, 2.24) is 9.47 Å². The van der Waals surface area contributed by atoms with Crippen LogP contribution < -0.4 is 5.73 Å². The smallest absolute Gasteiger partial charge is 0.270 e. The van der Waals surface area contributed by atoms with Gasteiger partial charge in [0.15, 0.2) is 0 Å². The number of hydrogen-bond donors (Lipinski definition) is 1. The SMILES string of the molecule is CCn1cc(N)cc1C(=O)N(C)Cc1ccccc1. The molecule has 0 atom stereocenters. The van der Waals surface area contributed by atoms with E-state index in [4.69, 9.17) is 5.73 Å². The van der Waals surface area contributed by atoms with Gasteiger partial charge in [-0.05, 0) is 18.6 Å². The zero-order valence-corrected chi connectivity index (χ0v) is 11.3. The maximum atomic E-state index is 12.4. The highest BCUT2D eigenvalue weighted by molar-refractivity contribution is 5.93. The Bertz CT molecular complexity index is 560. The van der Waals surface area contributed by atoms with Gasteiger partial charge >= 0.3 is 0 Å². The zero-order valence-electron chi connectivity index (χ0n) is 11.3. The molecule has 0 unspecified atom stereocenters. The first kappa shape index (κ1) is 13.2. The summed E-state index contributed by atoms with van der Waals surface area (Å²) < 4.78 is 1.87. The molecule has 0 bridgehead atoms. The average Bonchev–Trinajstić information content (AvgIpc) is 2.80. The summed E-state index contributed by atoms with van der Waals surface area (Å²) in [5.41, 5.74) is 8.13. The van der Waals surface area contributed by atoms with E-state index in [1.807, 2.05) is 41.8 Å². The minimum atomic E-state index is -0.0117. The lowest BCUT2D eigenvalue weighted by molar-refractivity contribution is 0.0774. The summed E-state index contributed by atoms with van der Waals surface area (Å²) in [5.74, 6) is -0.0117. The predicted molar refractivity (Wildman–Crippen MR) is 76.8 cm³/mol. The van der Waals surface area contributed by atoms with Gasteiger partial charge in [0, 0.05) is 26.3 Å². The van der Waals surface area contributed by atoms with Crippen LogP contribution in [-0.4, -0.2) is 22.4 Å². The Morgan fingerprint density at radius 3 is 2.63 bits per heavy atom. The molecule has 0 saturated heterocycles. The molecular weight excluding hydrogens is 238 g/mol. The van der Waals surface area contributed by atoms with Crippen LogP contribution in [0.5, 0.6) is 0 Å². The van der Waals surface area contributed by atoms with E-state index in [0.717, 1.165) is 12.1 Å². The van der Waals surface area contributed by atoms with Crippen molar-refractivity contribution in [2.24, 2.45) is 0 Å². The number of benzene rings is 1. The summed E-state index contributed by atoms with van der Waals surface area (Å²) in [6, 6.07) is 11.7.